The molecule has 6 heteroatoms. The lowest BCUT2D eigenvalue weighted by Gasteiger charge is -2.39. The van der Waals surface area contributed by atoms with E-state index in [0.717, 1.165) is 28.1 Å². The maximum atomic E-state index is 12.9. The molecule has 1 aromatic heterocycles. The van der Waals surface area contributed by atoms with E-state index in [4.69, 9.17) is 4.74 Å². The van der Waals surface area contributed by atoms with Crippen LogP contribution in [0.5, 0.6) is 5.75 Å². The van der Waals surface area contributed by atoms with Crippen LogP contribution in [-0.2, 0) is 6.61 Å². The van der Waals surface area contributed by atoms with Gasteiger partial charge in [-0.2, -0.15) is 0 Å². The molecule has 1 aliphatic heterocycles. The minimum atomic E-state index is 0.0963. The first-order valence-electron chi connectivity index (χ1n) is 9.47. The molecule has 0 atom stereocenters. The number of para-hydroxylation sites is 1. The second-order valence-electron chi connectivity index (χ2n) is 7.43. The zero-order chi connectivity index (χ0) is 19.7. The van der Waals surface area contributed by atoms with Crippen molar-refractivity contribution in [3.8, 4) is 5.75 Å². The molecule has 0 N–H and O–H groups in total. The van der Waals surface area contributed by atoms with Crippen molar-refractivity contribution >= 4 is 5.91 Å². The second-order valence-corrected chi connectivity index (χ2v) is 7.43. The van der Waals surface area contributed by atoms with Gasteiger partial charge < -0.3 is 9.64 Å². The number of carbonyl (C=O) groups excluding carboxylic acids is 1. The van der Waals surface area contributed by atoms with E-state index in [1.807, 2.05) is 60.0 Å². The molecule has 6 nitrogen and oxygen atoms in total. The molecular weight excluding hydrogens is 352 g/mol. The Balaban J connectivity index is 1.35. The van der Waals surface area contributed by atoms with E-state index in [1.54, 1.807) is 0 Å². The fraction of sp³-hybridized carbons (Fsp3) is 0.318. The molecule has 0 spiro atoms. The Morgan fingerprint density at radius 1 is 1.11 bits per heavy atom. The number of likely N-dealkylation sites (tertiary alicyclic amines) is 1. The van der Waals surface area contributed by atoms with Gasteiger partial charge in [0.1, 0.15) is 18.1 Å². The molecule has 1 amide bonds. The SMILES string of the molecule is Cc1cc(C)c(C(=O)N2CC(n3cc(COc4ccccc4)nn3)C2)c(C)c1. The van der Waals surface area contributed by atoms with Crippen LogP contribution in [0.4, 0.5) is 0 Å². The van der Waals surface area contributed by atoms with Crippen molar-refractivity contribution in [2.24, 2.45) is 0 Å². The van der Waals surface area contributed by atoms with Crippen molar-refractivity contribution in [2.75, 3.05) is 13.1 Å². The zero-order valence-corrected chi connectivity index (χ0v) is 16.4. The monoisotopic (exact) mass is 376 g/mol. The smallest absolute Gasteiger partial charge is 0.254 e. The molecule has 4 rings (SSSR count). The van der Waals surface area contributed by atoms with Crippen molar-refractivity contribution in [3.05, 3.63) is 76.6 Å². The number of hydrogen-bond donors (Lipinski definition) is 0. The Kier molecular flexibility index (Phi) is 4.86. The van der Waals surface area contributed by atoms with Crippen molar-refractivity contribution in [1.82, 2.24) is 19.9 Å². The Morgan fingerprint density at radius 2 is 1.79 bits per heavy atom. The predicted octanol–water partition coefficient (Wildman–Crippen LogP) is 3.48. The summed E-state index contributed by atoms with van der Waals surface area (Å²) in [6, 6.07) is 13.9. The van der Waals surface area contributed by atoms with Crippen LogP contribution in [0.25, 0.3) is 0 Å². The highest BCUT2D eigenvalue weighted by atomic mass is 16.5. The summed E-state index contributed by atoms with van der Waals surface area (Å²) in [6.07, 6.45) is 1.90. The highest BCUT2D eigenvalue weighted by Gasteiger charge is 2.34. The third kappa shape index (κ3) is 3.63. The van der Waals surface area contributed by atoms with Gasteiger partial charge >= 0.3 is 0 Å². The molecule has 0 aliphatic carbocycles. The van der Waals surface area contributed by atoms with Gasteiger partial charge in [-0.1, -0.05) is 41.1 Å². The number of amides is 1. The lowest BCUT2D eigenvalue weighted by Crippen LogP contribution is -2.51. The third-order valence-corrected chi connectivity index (χ3v) is 5.10. The number of aryl methyl sites for hydroxylation is 3. The van der Waals surface area contributed by atoms with Gasteiger partial charge in [0.25, 0.3) is 5.91 Å². The number of carbonyl (C=O) groups is 1. The lowest BCUT2D eigenvalue weighted by molar-refractivity contribution is 0.0497. The molecule has 2 aromatic carbocycles. The van der Waals surface area contributed by atoms with Crippen LogP contribution in [0.3, 0.4) is 0 Å². The summed E-state index contributed by atoms with van der Waals surface area (Å²) in [4.78, 5) is 14.8. The number of nitrogens with zero attached hydrogens (tertiary/aromatic N) is 4. The molecule has 1 fully saturated rings. The van der Waals surface area contributed by atoms with E-state index in [9.17, 15) is 4.79 Å². The average molecular weight is 376 g/mol. The lowest BCUT2D eigenvalue weighted by atomic mass is 9.97. The van der Waals surface area contributed by atoms with Crippen molar-refractivity contribution in [2.45, 2.75) is 33.4 Å². The topological polar surface area (TPSA) is 60.2 Å². The largest absolute Gasteiger partial charge is 0.487 e. The van der Waals surface area contributed by atoms with Gasteiger partial charge in [-0.3, -0.25) is 4.79 Å². The van der Waals surface area contributed by atoms with Gasteiger partial charge in [0.15, 0.2) is 0 Å². The second kappa shape index (κ2) is 7.46. The van der Waals surface area contributed by atoms with Gasteiger partial charge in [-0.15, -0.1) is 5.10 Å². The minimum absolute atomic E-state index is 0.0963. The summed E-state index contributed by atoms with van der Waals surface area (Å²) in [6.45, 7) is 7.72. The first kappa shape index (κ1) is 18.2. The molecule has 144 valence electrons. The number of benzene rings is 2. The van der Waals surface area contributed by atoms with Crippen LogP contribution in [0.15, 0.2) is 48.7 Å². The molecule has 28 heavy (non-hydrogen) atoms. The third-order valence-electron chi connectivity index (χ3n) is 5.10. The molecule has 0 saturated carbocycles. The standard InChI is InChI=1S/C22H24N4O2/c1-15-9-16(2)21(17(3)10-15)22(27)25-12-19(13-25)26-11-18(23-24-26)14-28-20-7-5-4-6-8-20/h4-11,19H,12-14H2,1-3H3. The van der Waals surface area contributed by atoms with E-state index in [0.29, 0.717) is 19.7 Å². The fourth-order valence-electron chi connectivity index (χ4n) is 3.70. The van der Waals surface area contributed by atoms with Gasteiger partial charge in [0, 0.05) is 18.7 Å². The van der Waals surface area contributed by atoms with Crippen molar-refractivity contribution in [1.29, 1.82) is 0 Å². The maximum Gasteiger partial charge on any atom is 0.254 e. The van der Waals surface area contributed by atoms with E-state index in [-0.39, 0.29) is 11.9 Å². The van der Waals surface area contributed by atoms with E-state index in [1.165, 1.54) is 5.56 Å². The van der Waals surface area contributed by atoms with E-state index >= 15 is 0 Å². The summed E-state index contributed by atoms with van der Waals surface area (Å²) in [7, 11) is 0. The van der Waals surface area contributed by atoms with E-state index in [2.05, 4.69) is 29.4 Å². The van der Waals surface area contributed by atoms with Crippen LogP contribution < -0.4 is 4.74 Å². The molecule has 0 bridgehead atoms. The van der Waals surface area contributed by atoms with Gasteiger partial charge in [-0.25, -0.2) is 4.68 Å². The first-order chi connectivity index (χ1) is 13.5. The number of rotatable bonds is 5. The molecule has 0 unspecified atom stereocenters. The summed E-state index contributed by atoms with van der Waals surface area (Å²) in [5.74, 6) is 0.903. The van der Waals surface area contributed by atoms with Crippen LogP contribution in [0.1, 0.15) is 38.8 Å². The van der Waals surface area contributed by atoms with Crippen molar-refractivity contribution < 1.29 is 9.53 Å². The number of hydrogen-bond acceptors (Lipinski definition) is 4. The zero-order valence-electron chi connectivity index (χ0n) is 16.4. The van der Waals surface area contributed by atoms with Gasteiger partial charge in [0.05, 0.1) is 12.2 Å². The molecule has 2 heterocycles. The fourth-order valence-corrected chi connectivity index (χ4v) is 3.70. The Labute approximate surface area is 164 Å². The molecular formula is C22H24N4O2. The summed E-state index contributed by atoms with van der Waals surface area (Å²) < 4.78 is 7.55. The van der Waals surface area contributed by atoms with Crippen molar-refractivity contribution in [3.63, 3.8) is 0 Å². The highest BCUT2D eigenvalue weighted by Crippen LogP contribution is 2.26. The maximum absolute atomic E-state index is 12.9. The number of aromatic nitrogens is 3. The van der Waals surface area contributed by atoms with E-state index < -0.39 is 0 Å². The molecule has 1 aliphatic rings. The summed E-state index contributed by atoms with van der Waals surface area (Å²) >= 11 is 0. The Bertz CT molecular complexity index is 968. The molecule has 0 radical (unpaired) electrons. The quantitative estimate of drug-likeness (QED) is 0.684. The van der Waals surface area contributed by atoms with Crippen LogP contribution >= 0.6 is 0 Å². The van der Waals surface area contributed by atoms with Gasteiger partial charge in [-0.05, 0) is 44.0 Å². The molecule has 3 aromatic rings. The summed E-state index contributed by atoms with van der Waals surface area (Å²) in [5, 5.41) is 8.40. The van der Waals surface area contributed by atoms with Crippen LogP contribution in [-0.4, -0.2) is 38.9 Å². The van der Waals surface area contributed by atoms with Crippen LogP contribution in [0, 0.1) is 20.8 Å². The Hall–Kier alpha value is -3.15. The highest BCUT2D eigenvalue weighted by molar-refractivity contribution is 5.97. The van der Waals surface area contributed by atoms with Gasteiger partial charge in [0.2, 0.25) is 0 Å². The summed E-state index contributed by atoms with van der Waals surface area (Å²) in [5.41, 5.74) is 4.85. The van der Waals surface area contributed by atoms with Crippen LogP contribution in [0.2, 0.25) is 0 Å². The first-order valence-corrected chi connectivity index (χ1v) is 9.47. The average Bonchev–Trinajstić information content (AvgIpc) is 3.07. The molecule has 1 saturated heterocycles. The number of ether oxygens (including phenoxy) is 1. The Morgan fingerprint density at radius 3 is 2.46 bits per heavy atom. The predicted molar refractivity (Wildman–Crippen MR) is 106 cm³/mol. The minimum Gasteiger partial charge on any atom is -0.487 e. The normalized spacial score (nSPS) is 14.0.